The number of benzene rings is 1. The third-order valence-corrected chi connectivity index (χ3v) is 4.88. The number of aromatic amines is 1. The van der Waals surface area contributed by atoms with Crippen molar-refractivity contribution >= 4 is 29.2 Å². The number of carbonyl (C=O) groups is 1. The van der Waals surface area contributed by atoms with Gasteiger partial charge in [-0.25, -0.2) is 4.98 Å². The molecule has 1 aliphatic rings. The summed E-state index contributed by atoms with van der Waals surface area (Å²) in [5.74, 6) is 1.27. The number of fused-ring (bicyclic) bond motifs is 1. The predicted octanol–water partition coefficient (Wildman–Crippen LogP) is 1.09. The number of halogens is 1. The van der Waals surface area contributed by atoms with Gasteiger partial charge in [-0.3, -0.25) is 9.59 Å². The van der Waals surface area contributed by atoms with Gasteiger partial charge in [0.15, 0.2) is 11.5 Å². The maximum atomic E-state index is 12.9. The van der Waals surface area contributed by atoms with Crippen LogP contribution in [0.15, 0.2) is 16.9 Å². The molecule has 0 saturated carbocycles. The average Bonchev–Trinajstić information content (AvgIpc) is 2.71. The second-order valence-electron chi connectivity index (χ2n) is 6.60. The lowest BCUT2D eigenvalue weighted by Crippen LogP contribution is -2.56. The van der Waals surface area contributed by atoms with Gasteiger partial charge in [-0.2, -0.15) is 0 Å². The molecule has 1 aromatic heterocycles. The molecule has 2 heterocycles. The molecule has 9 nitrogen and oxygen atoms in total. The largest absolute Gasteiger partial charge is 0.493 e. The van der Waals surface area contributed by atoms with E-state index in [0.717, 1.165) is 0 Å². The quantitative estimate of drug-likeness (QED) is 0.712. The second-order valence-corrected chi connectivity index (χ2v) is 6.60. The van der Waals surface area contributed by atoms with Crippen LogP contribution in [0.25, 0.3) is 10.9 Å². The number of morpholine rings is 1. The van der Waals surface area contributed by atoms with E-state index in [2.05, 4.69) is 15.3 Å². The SMILES string of the molecule is CCN(Cc1nc2cc(OC)c(OC)cc2c(=O)[nH]1)C(=O)[C@H]1NCCO[C@@H]1C.Cl. The van der Waals surface area contributed by atoms with Crippen LogP contribution >= 0.6 is 12.4 Å². The summed E-state index contributed by atoms with van der Waals surface area (Å²) in [4.78, 5) is 34.4. The number of nitrogens with zero attached hydrogens (tertiary/aromatic N) is 2. The molecular weight excluding hydrogens is 400 g/mol. The van der Waals surface area contributed by atoms with Crippen molar-refractivity contribution in [3.63, 3.8) is 0 Å². The van der Waals surface area contributed by atoms with E-state index in [-0.39, 0.29) is 36.5 Å². The van der Waals surface area contributed by atoms with E-state index in [1.807, 2.05) is 13.8 Å². The van der Waals surface area contributed by atoms with Crippen molar-refractivity contribution in [3.05, 3.63) is 28.3 Å². The van der Waals surface area contributed by atoms with E-state index in [1.54, 1.807) is 17.0 Å². The number of carbonyl (C=O) groups excluding carboxylic acids is 1. The Morgan fingerprint density at radius 2 is 2.00 bits per heavy atom. The van der Waals surface area contributed by atoms with Crippen LogP contribution in [0.3, 0.4) is 0 Å². The Morgan fingerprint density at radius 1 is 1.31 bits per heavy atom. The number of methoxy groups -OCH3 is 2. The van der Waals surface area contributed by atoms with Crippen LogP contribution in [0.4, 0.5) is 0 Å². The number of ether oxygens (including phenoxy) is 3. The molecule has 0 spiro atoms. The molecule has 1 aliphatic heterocycles. The highest BCUT2D eigenvalue weighted by Gasteiger charge is 2.31. The molecule has 0 unspecified atom stereocenters. The summed E-state index contributed by atoms with van der Waals surface area (Å²) in [6.07, 6.45) is -0.212. The fraction of sp³-hybridized carbons (Fsp3) is 0.526. The Hall–Kier alpha value is -2.36. The van der Waals surface area contributed by atoms with E-state index in [4.69, 9.17) is 14.2 Å². The molecule has 1 saturated heterocycles. The van der Waals surface area contributed by atoms with Crippen molar-refractivity contribution in [1.82, 2.24) is 20.2 Å². The van der Waals surface area contributed by atoms with E-state index >= 15 is 0 Å². The van der Waals surface area contributed by atoms with Gasteiger partial charge in [0, 0.05) is 19.2 Å². The molecule has 1 amide bonds. The van der Waals surface area contributed by atoms with Crippen LogP contribution in [0.5, 0.6) is 11.5 Å². The molecule has 1 aromatic carbocycles. The minimum Gasteiger partial charge on any atom is -0.493 e. The van der Waals surface area contributed by atoms with Crippen molar-refractivity contribution in [1.29, 1.82) is 0 Å². The zero-order valence-electron chi connectivity index (χ0n) is 17.0. The standard InChI is InChI=1S/C19H26N4O5.ClH/c1-5-23(19(25)17-11(2)28-7-6-20-17)10-16-21-13-9-15(27-4)14(26-3)8-12(13)18(24)22-16;/h8-9,11,17,20H,5-7,10H2,1-4H3,(H,21,22,24);1H/t11-,17+;/m1./s1. The van der Waals surface area contributed by atoms with Crippen molar-refractivity contribution in [3.8, 4) is 11.5 Å². The topological polar surface area (TPSA) is 106 Å². The smallest absolute Gasteiger partial charge is 0.258 e. The Morgan fingerprint density at radius 3 is 2.62 bits per heavy atom. The summed E-state index contributed by atoms with van der Waals surface area (Å²) in [6, 6.07) is 2.84. The Bertz CT molecular complexity index is 919. The van der Waals surface area contributed by atoms with Gasteiger partial charge in [0.05, 0.1) is 44.4 Å². The van der Waals surface area contributed by atoms with E-state index in [0.29, 0.717) is 47.9 Å². The van der Waals surface area contributed by atoms with Crippen molar-refractivity contribution < 1.29 is 19.0 Å². The van der Waals surface area contributed by atoms with Gasteiger partial charge in [0.25, 0.3) is 5.56 Å². The van der Waals surface area contributed by atoms with Crippen molar-refractivity contribution in [2.24, 2.45) is 0 Å². The zero-order valence-corrected chi connectivity index (χ0v) is 17.8. The minimum absolute atomic E-state index is 0. The first-order chi connectivity index (χ1) is 13.5. The second kappa shape index (κ2) is 9.91. The highest BCUT2D eigenvalue weighted by molar-refractivity contribution is 5.85. The first kappa shape index (κ1) is 22.9. The van der Waals surface area contributed by atoms with Gasteiger partial charge < -0.3 is 29.4 Å². The number of hydrogen-bond donors (Lipinski definition) is 2. The fourth-order valence-corrected chi connectivity index (χ4v) is 3.32. The molecule has 29 heavy (non-hydrogen) atoms. The molecule has 160 valence electrons. The number of aromatic nitrogens is 2. The van der Waals surface area contributed by atoms with Gasteiger partial charge in [-0.15, -0.1) is 12.4 Å². The van der Waals surface area contributed by atoms with Crippen LogP contribution in [0.1, 0.15) is 19.7 Å². The lowest BCUT2D eigenvalue weighted by Gasteiger charge is -2.33. The van der Waals surface area contributed by atoms with Gasteiger partial charge in [-0.1, -0.05) is 0 Å². The summed E-state index contributed by atoms with van der Waals surface area (Å²) in [7, 11) is 3.03. The Balaban J connectivity index is 0.00000300. The monoisotopic (exact) mass is 426 g/mol. The number of hydrogen-bond acceptors (Lipinski definition) is 7. The summed E-state index contributed by atoms with van der Waals surface area (Å²) >= 11 is 0. The molecule has 0 bridgehead atoms. The third-order valence-electron chi connectivity index (χ3n) is 4.88. The summed E-state index contributed by atoms with van der Waals surface area (Å²) in [5, 5.41) is 3.59. The number of nitrogens with one attached hydrogen (secondary N) is 2. The first-order valence-electron chi connectivity index (χ1n) is 9.27. The maximum absolute atomic E-state index is 12.9. The van der Waals surface area contributed by atoms with E-state index < -0.39 is 6.04 Å². The Labute approximate surface area is 175 Å². The molecule has 2 atom stereocenters. The third kappa shape index (κ3) is 4.80. The van der Waals surface area contributed by atoms with Crippen LogP contribution in [0.2, 0.25) is 0 Å². The molecule has 3 rings (SSSR count). The average molecular weight is 427 g/mol. The number of H-pyrrole nitrogens is 1. The molecule has 2 N–H and O–H groups in total. The van der Waals surface area contributed by atoms with E-state index in [1.165, 1.54) is 14.2 Å². The van der Waals surface area contributed by atoms with Gasteiger partial charge in [0.1, 0.15) is 11.9 Å². The Kier molecular flexibility index (Phi) is 7.83. The van der Waals surface area contributed by atoms with Crippen LogP contribution in [-0.4, -0.2) is 66.8 Å². The summed E-state index contributed by atoms with van der Waals surface area (Å²) in [5.41, 5.74) is 0.185. The van der Waals surface area contributed by atoms with Gasteiger partial charge in [0.2, 0.25) is 5.91 Å². The molecular formula is C19H27ClN4O5. The molecule has 0 radical (unpaired) electrons. The van der Waals surface area contributed by atoms with Gasteiger partial charge in [-0.05, 0) is 19.9 Å². The number of rotatable bonds is 6. The lowest BCUT2D eigenvalue weighted by molar-refractivity contribution is -0.140. The van der Waals surface area contributed by atoms with Crippen LogP contribution in [-0.2, 0) is 16.1 Å². The summed E-state index contributed by atoms with van der Waals surface area (Å²) < 4.78 is 16.1. The molecule has 2 aromatic rings. The normalized spacial score (nSPS) is 18.8. The molecule has 10 heteroatoms. The fourth-order valence-electron chi connectivity index (χ4n) is 3.32. The van der Waals surface area contributed by atoms with Gasteiger partial charge >= 0.3 is 0 Å². The molecule has 1 fully saturated rings. The highest BCUT2D eigenvalue weighted by Crippen LogP contribution is 2.29. The van der Waals surface area contributed by atoms with E-state index in [9.17, 15) is 9.59 Å². The maximum Gasteiger partial charge on any atom is 0.258 e. The van der Waals surface area contributed by atoms with Crippen LogP contribution in [0, 0.1) is 0 Å². The zero-order chi connectivity index (χ0) is 20.3. The van der Waals surface area contributed by atoms with Crippen LogP contribution < -0.4 is 20.3 Å². The van der Waals surface area contributed by atoms with Crippen molar-refractivity contribution in [2.45, 2.75) is 32.5 Å². The minimum atomic E-state index is -0.412. The predicted molar refractivity (Wildman–Crippen MR) is 111 cm³/mol. The number of amides is 1. The lowest BCUT2D eigenvalue weighted by atomic mass is 10.1. The molecule has 0 aliphatic carbocycles. The summed E-state index contributed by atoms with van der Waals surface area (Å²) in [6.45, 7) is 5.65. The number of likely N-dealkylation sites (N-methyl/N-ethyl adjacent to an activating group) is 1. The van der Waals surface area contributed by atoms with Crippen molar-refractivity contribution in [2.75, 3.05) is 33.9 Å². The first-order valence-corrected chi connectivity index (χ1v) is 9.27. The highest BCUT2D eigenvalue weighted by atomic mass is 35.5.